The fourth-order valence-electron chi connectivity index (χ4n) is 2.39. The van der Waals surface area contributed by atoms with Gasteiger partial charge in [0.2, 0.25) is 0 Å². The number of nitrogens with one attached hydrogen (secondary N) is 1. The second-order valence-corrected chi connectivity index (χ2v) is 5.72. The Morgan fingerprint density at radius 3 is 2.47 bits per heavy atom. The Morgan fingerprint density at radius 2 is 2.07 bits per heavy atom. The van der Waals surface area contributed by atoms with Gasteiger partial charge in [0.15, 0.2) is 5.11 Å². The Bertz CT molecular complexity index is 263. The summed E-state index contributed by atoms with van der Waals surface area (Å²) < 4.78 is 0. The number of rotatable bonds is 2. The number of aliphatic hydroxyl groups is 1. The summed E-state index contributed by atoms with van der Waals surface area (Å²) in [5.74, 6) is 0. The Morgan fingerprint density at radius 1 is 1.53 bits per heavy atom. The van der Waals surface area contributed by atoms with Crippen molar-refractivity contribution in [2.75, 3.05) is 0 Å². The van der Waals surface area contributed by atoms with Crippen LogP contribution in [0.5, 0.6) is 0 Å². The van der Waals surface area contributed by atoms with Crippen LogP contribution in [0.4, 0.5) is 0 Å². The molecule has 1 heterocycles. The molecule has 88 valence electrons. The van der Waals surface area contributed by atoms with E-state index in [0.29, 0.717) is 11.5 Å². The van der Waals surface area contributed by atoms with Gasteiger partial charge in [-0.15, -0.1) is 0 Å². The number of hydrogen-bond acceptors (Lipinski definition) is 2. The van der Waals surface area contributed by atoms with Gasteiger partial charge in [-0.2, -0.15) is 0 Å². The highest BCUT2D eigenvalue weighted by Gasteiger charge is 2.44. The van der Waals surface area contributed by atoms with Gasteiger partial charge in [0.1, 0.15) is 5.72 Å². The maximum absolute atomic E-state index is 10.4. The Kier molecular flexibility index (Phi) is 3.31. The minimum absolute atomic E-state index is 0.134. The maximum atomic E-state index is 10.4. The summed E-state index contributed by atoms with van der Waals surface area (Å²) >= 11 is 5.32. The van der Waals surface area contributed by atoms with Crippen LogP contribution < -0.4 is 5.32 Å². The van der Waals surface area contributed by atoms with Gasteiger partial charge in [0, 0.05) is 18.0 Å². The molecule has 0 amide bonds. The number of thiocarbonyl (C=S) groups is 1. The lowest BCUT2D eigenvalue weighted by Gasteiger charge is -2.52. The molecule has 2 N–H and O–H groups in total. The van der Waals surface area contributed by atoms with Crippen molar-refractivity contribution in [2.45, 2.75) is 64.8 Å². The van der Waals surface area contributed by atoms with E-state index in [1.807, 2.05) is 11.8 Å². The van der Waals surface area contributed by atoms with E-state index in [2.05, 4.69) is 33.0 Å². The van der Waals surface area contributed by atoms with E-state index >= 15 is 0 Å². The minimum atomic E-state index is -0.846. The SMILES string of the molecule is CCC(C)N1C(=S)NC(C)(C)CC1(C)O. The predicted octanol–water partition coefficient (Wildman–Crippen LogP) is 1.85. The van der Waals surface area contributed by atoms with Crippen LogP contribution in [0.3, 0.4) is 0 Å². The normalized spacial score (nSPS) is 32.4. The van der Waals surface area contributed by atoms with Crippen molar-refractivity contribution in [3.8, 4) is 0 Å². The number of nitrogens with zero attached hydrogens (tertiary/aromatic N) is 1. The molecule has 0 saturated carbocycles. The van der Waals surface area contributed by atoms with E-state index in [1.54, 1.807) is 0 Å². The second kappa shape index (κ2) is 3.91. The largest absolute Gasteiger partial charge is 0.371 e. The van der Waals surface area contributed by atoms with Crippen LogP contribution in [0.15, 0.2) is 0 Å². The highest BCUT2D eigenvalue weighted by atomic mass is 32.1. The summed E-state index contributed by atoms with van der Waals surface area (Å²) in [6.07, 6.45) is 1.64. The molecule has 1 saturated heterocycles. The molecule has 4 heteroatoms. The van der Waals surface area contributed by atoms with Gasteiger partial charge in [0.05, 0.1) is 0 Å². The van der Waals surface area contributed by atoms with E-state index < -0.39 is 5.72 Å². The van der Waals surface area contributed by atoms with Gasteiger partial charge in [-0.1, -0.05) is 6.92 Å². The first-order chi connectivity index (χ1) is 6.69. The van der Waals surface area contributed by atoms with Crippen molar-refractivity contribution in [2.24, 2.45) is 0 Å². The van der Waals surface area contributed by atoms with Crippen molar-refractivity contribution in [3.63, 3.8) is 0 Å². The fourth-order valence-corrected chi connectivity index (χ4v) is 3.05. The Hall–Kier alpha value is -0.350. The molecule has 0 radical (unpaired) electrons. The zero-order chi connectivity index (χ0) is 11.9. The van der Waals surface area contributed by atoms with E-state index in [4.69, 9.17) is 12.2 Å². The standard InChI is InChI=1S/C11H22N2OS/c1-6-8(2)13-9(15)12-10(3,4)7-11(13,5)14/h8,14H,6-7H2,1-5H3,(H,12,15). The first-order valence-corrected chi connectivity index (χ1v) is 5.94. The van der Waals surface area contributed by atoms with Crippen LogP contribution >= 0.6 is 12.2 Å². The maximum Gasteiger partial charge on any atom is 0.171 e. The quantitative estimate of drug-likeness (QED) is 0.710. The molecular formula is C11H22N2OS. The number of hydrogen-bond donors (Lipinski definition) is 2. The molecule has 2 atom stereocenters. The molecular weight excluding hydrogens is 208 g/mol. The van der Waals surface area contributed by atoms with Crippen LogP contribution in [0, 0.1) is 0 Å². The van der Waals surface area contributed by atoms with Crippen molar-refractivity contribution in [3.05, 3.63) is 0 Å². The first-order valence-electron chi connectivity index (χ1n) is 5.53. The van der Waals surface area contributed by atoms with E-state index in [-0.39, 0.29) is 11.6 Å². The first kappa shape index (κ1) is 12.7. The molecule has 0 aromatic carbocycles. The molecule has 0 aliphatic carbocycles. The molecule has 0 aromatic heterocycles. The fraction of sp³-hybridized carbons (Fsp3) is 0.909. The van der Waals surface area contributed by atoms with Crippen molar-refractivity contribution >= 4 is 17.3 Å². The molecule has 1 aliphatic rings. The lowest BCUT2D eigenvalue weighted by Crippen LogP contribution is -2.68. The predicted molar refractivity (Wildman–Crippen MR) is 66.6 cm³/mol. The summed E-state index contributed by atoms with van der Waals surface area (Å²) in [5, 5.41) is 14.4. The average molecular weight is 230 g/mol. The molecule has 1 rings (SSSR count). The van der Waals surface area contributed by atoms with Gasteiger partial charge in [-0.05, 0) is 46.3 Å². The van der Waals surface area contributed by atoms with Gasteiger partial charge in [-0.25, -0.2) is 0 Å². The van der Waals surface area contributed by atoms with Crippen LogP contribution in [-0.2, 0) is 0 Å². The van der Waals surface area contributed by atoms with E-state index in [9.17, 15) is 5.11 Å². The zero-order valence-corrected chi connectivity index (χ0v) is 11.1. The molecule has 0 aromatic rings. The third-order valence-corrected chi connectivity index (χ3v) is 3.29. The van der Waals surface area contributed by atoms with Gasteiger partial charge in [0.25, 0.3) is 0 Å². The van der Waals surface area contributed by atoms with Crippen LogP contribution in [0.1, 0.15) is 47.5 Å². The summed E-state index contributed by atoms with van der Waals surface area (Å²) in [7, 11) is 0. The lowest BCUT2D eigenvalue weighted by molar-refractivity contribution is -0.103. The second-order valence-electron chi connectivity index (χ2n) is 5.34. The highest BCUT2D eigenvalue weighted by Crippen LogP contribution is 2.31. The molecule has 0 spiro atoms. The smallest absolute Gasteiger partial charge is 0.171 e. The average Bonchev–Trinajstić information content (AvgIpc) is 1.97. The minimum Gasteiger partial charge on any atom is -0.371 e. The van der Waals surface area contributed by atoms with E-state index in [0.717, 1.165) is 6.42 Å². The molecule has 15 heavy (non-hydrogen) atoms. The van der Waals surface area contributed by atoms with E-state index in [1.165, 1.54) is 0 Å². The highest BCUT2D eigenvalue weighted by molar-refractivity contribution is 7.80. The van der Waals surface area contributed by atoms with Crippen molar-refractivity contribution in [1.82, 2.24) is 10.2 Å². The molecule has 1 fully saturated rings. The molecule has 2 unspecified atom stereocenters. The summed E-state index contributed by atoms with van der Waals surface area (Å²) in [5.41, 5.74) is -0.980. The Balaban J connectivity index is 2.94. The van der Waals surface area contributed by atoms with Gasteiger partial charge in [-0.3, -0.25) is 0 Å². The van der Waals surface area contributed by atoms with Crippen LogP contribution in [0.2, 0.25) is 0 Å². The van der Waals surface area contributed by atoms with Gasteiger partial charge < -0.3 is 15.3 Å². The molecule has 1 aliphatic heterocycles. The zero-order valence-electron chi connectivity index (χ0n) is 10.3. The summed E-state index contributed by atoms with van der Waals surface area (Å²) in [4.78, 5) is 1.91. The van der Waals surface area contributed by atoms with Crippen molar-refractivity contribution in [1.29, 1.82) is 0 Å². The van der Waals surface area contributed by atoms with Crippen LogP contribution in [0.25, 0.3) is 0 Å². The van der Waals surface area contributed by atoms with Crippen LogP contribution in [-0.4, -0.2) is 32.4 Å². The summed E-state index contributed by atoms with van der Waals surface area (Å²) in [6.45, 7) is 10.1. The molecule has 0 bridgehead atoms. The van der Waals surface area contributed by atoms with Crippen molar-refractivity contribution < 1.29 is 5.11 Å². The third kappa shape index (κ3) is 2.61. The monoisotopic (exact) mass is 230 g/mol. The lowest BCUT2D eigenvalue weighted by atomic mass is 9.89. The topological polar surface area (TPSA) is 35.5 Å². The Labute approximate surface area is 97.8 Å². The third-order valence-electron chi connectivity index (χ3n) is 2.99. The van der Waals surface area contributed by atoms with Gasteiger partial charge >= 0.3 is 0 Å². The molecule has 3 nitrogen and oxygen atoms in total. The summed E-state index contributed by atoms with van der Waals surface area (Å²) in [6, 6.07) is 0.260.